The number of fused-ring (bicyclic) bond motifs is 1. The van der Waals surface area contributed by atoms with Gasteiger partial charge in [0.2, 0.25) is 35.4 Å². The van der Waals surface area contributed by atoms with Gasteiger partial charge >= 0.3 is 0 Å². The van der Waals surface area contributed by atoms with Gasteiger partial charge in [-0.15, -0.1) is 11.3 Å². The van der Waals surface area contributed by atoms with Crippen LogP contribution in [0.3, 0.4) is 0 Å². The molecule has 4 unspecified atom stereocenters. The smallest absolute Gasteiger partial charge is 0.244 e. The summed E-state index contributed by atoms with van der Waals surface area (Å²) >= 11 is 1.64. The highest BCUT2D eigenvalue weighted by molar-refractivity contribution is 7.11. The fourth-order valence-electron chi connectivity index (χ4n) is 11.9. The second-order valence-corrected chi connectivity index (χ2v) is 26.2. The molecule has 4 atom stereocenters. The molecule has 2 spiro atoms. The second kappa shape index (κ2) is 33.7. The van der Waals surface area contributed by atoms with Gasteiger partial charge in [-0.3, -0.25) is 28.8 Å². The fourth-order valence-corrected chi connectivity index (χ4v) is 12.7. The van der Waals surface area contributed by atoms with E-state index in [0.717, 1.165) is 40.0 Å². The van der Waals surface area contributed by atoms with Gasteiger partial charge in [0.1, 0.15) is 17.3 Å². The number of hydrogen-bond donors (Lipinski definition) is 8. The summed E-state index contributed by atoms with van der Waals surface area (Å²) in [4.78, 5) is 69.9. The quantitative estimate of drug-likeness (QED) is 0.0299. The average molecular weight is 1300 g/mol. The molecule has 6 aliphatic rings. The highest BCUT2D eigenvalue weighted by Gasteiger charge is 2.62. The van der Waals surface area contributed by atoms with E-state index in [4.69, 9.17) is 4.42 Å². The normalized spacial score (nSPS) is 19.6. The maximum Gasteiger partial charge on any atom is 0.244 e. The fraction of sp³-hybridized carbons (Fsp3) is 0.389. The zero-order chi connectivity index (χ0) is 67.2. The van der Waals surface area contributed by atoms with Crippen LogP contribution in [0.1, 0.15) is 171 Å². The first-order chi connectivity index (χ1) is 45.2. The van der Waals surface area contributed by atoms with Crippen LogP contribution in [0.2, 0.25) is 0 Å². The van der Waals surface area contributed by atoms with Crippen molar-refractivity contribution in [1.82, 2.24) is 32.6 Å². The lowest BCUT2D eigenvalue weighted by Gasteiger charge is -2.25. The number of hydrazone groups is 6. The van der Waals surface area contributed by atoms with E-state index in [9.17, 15) is 39.0 Å². The molecule has 0 radical (unpaired) electrons. The van der Waals surface area contributed by atoms with Gasteiger partial charge < -0.3 is 14.6 Å². The lowest BCUT2D eigenvalue weighted by atomic mass is 9.80. The molecule has 6 saturated carbocycles. The molecule has 12 rings (SSSR count). The molecule has 8 N–H and O–H groups in total. The van der Waals surface area contributed by atoms with Crippen molar-refractivity contribution in [3.63, 3.8) is 0 Å². The Morgan fingerprint density at radius 2 is 1.12 bits per heavy atom. The molecule has 6 aliphatic carbocycles. The molecule has 94 heavy (non-hydrogen) atoms. The van der Waals surface area contributed by atoms with Crippen LogP contribution < -0.4 is 32.6 Å². The van der Waals surface area contributed by atoms with Gasteiger partial charge in [-0.1, -0.05) is 112 Å². The third-order valence-corrected chi connectivity index (χ3v) is 18.8. The van der Waals surface area contributed by atoms with E-state index in [1.54, 1.807) is 60.4 Å². The number of aryl methyl sites for hydroxylation is 3. The molecule has 6 amide bonds. The van der Waals surface area contributed by atoms with Crippen molar-refractivity contribution in [1.29, 1.82) is 0 Å². The van der Waals surface area contributed by atoms with Gasteiger partial charge in [-0.05, 0) is 170 Å². The lowest BCUT2D eigenvalue weighted by molar-refractivity contribution is -0.124. The minimum atomic E-state index is -0.303. The molecule has 2 aromatic heterocycles. The first-order valence-corrected chi connectivity index (χ1v) is 32.9. The maximum absolute atomic E-state index is 12.0. The molecular weight excluding hydrogens is 1210 g/mol. The van der Waals surface area contributed by atoms with E-state index in [1.165, 1.54) is 114 Å². The summed E-state index contributed by atoms with van der Waals surface area (Å²) in [5, 5.41) is 45.4. The standard InChI is InChI=1S/C16H16N2O.C15H20N4O3.C15H18N2O2.C14H18N2OS.C12H14N2O2/c1-13-6-5-9-15(10-13)12-17-18-16(19)11-14-7-3-2-4-8-14;1-9(2)12-5-13(7-16-18-10(3)20)15(22)14(6-12)8-17-19-11(4)21;1-10-4-2-5-11(13(10)18)9-16-17-14(19)12-8-15(12)6-3-7-15;1-9-6-7-18-12(9)8-15-16-14(17)13-10-4-2-3-5-11(10)13;15-11(10-7-12(10)4-2-5-12)14-13-8-9-3-1-6-16-9/h2-10,12H,11H2,1H3,(H,18,19);5-9,22H,1-4H3,(H,18,20)(H,19,21);2,4-5,9,12,18H,3,6-8H2,1H3,(H,17,19);6-8,10-11,13H,2-5H2,1H3,(H,16,17);1,3,6,8,10H,2,4-5,7H2,(H,14,15)/b17-12+;16-7+,17-8+;16-9+;15-8+;13-8+. The van der Waals surface area contributed by atoms with E-state index < -0.39 is 0 Å². The number of thiophene rings is 1. The van der Waals surface area contributed by atoms with E-state index in [-0.39, 0.29) is 70.6 Å². The number of aromatic hydroxyl groups is 2. The molecule has 6 aromatic rings. The number of furan rings is 1. The summed E-state index contributed by atoms with van der Waals surface area (Å²) in [6.45, 7) is 12.6. The average Bonchev–Trinajstić information content (AvgIpc) is 1.58. The molecule has 0 saturated heterocycles. The second-order valence-electron chi connectivity index (χ2n) is 25.2. The minimum Gasteiger partial charge on any atom is -0.507 e. The van der Waals surface area contributed by atoms with E-state index in [2.05, 4.69) is 76.2 Å². The summed E-state index contributed by atoms with van der Waals surface area (Å²) in [5.41, 5.74) is 23.2. The number of carbonyl (C=O) groups excluding carboxylic acids is 6. The van der Waals surface area contributed by atoms with Crippen molar-refractivity contribution >= 4 is 84.1 Å². The Labute approximate surface area is 553 Å². The van der Waals surface area contributed by atoms with Crippen molar-refractivity contribution in [2.75, 3.05) is 0 Å². The number of hydrogen-bond acceptors (Lipinski definition) is 16. The first-order valence-electron chi connectivity index (χ1n) is 32.0. The van der Waals surface area contributed by atoms with Gasteiger partial charge in [-0.25, -0.2) is 32.6 Å². The van der Waals surface area contributed by atoms with Crippen LogP contribution in [-0.2, 0) is 35.2 Å². The number of phenolic OH excluding ortho intramolecular Hbond substituents is 2. The Balaban J connectivity index is 0.000000151. The largest absolute Gasteiger partial charge is 0.507 e. The van der Waals surface area contributed by atoms with Crippen LogP contribution in [0.5, 0.6) is 11.5 Å². The van der Waals surface area contributed by atoms with E-state index in [0.29, 0.717) is 51.5 Å². The SMILES string of the molecule is CC(=O)N/N=C/c1cc(C(C)C)cc(/C=N/NC(C)=O)c1O.Cc1cccc(/C=N/NC(=O)C2CC23CCC3)c1O.Cc1cccc(/C=N/NC(=O)Cc2ccccc2)c1.Cc1ccsc1/C=N/NC(=O)C1C2CCCCC21.O=C(N/N=C/c1ccco1)C1CC12CCC2. The number of rotatable bonds is 18. The number of phenols is 2. The Bertz CT molecular complexity index is 3710. The third kappa shape index (κ3) is 20.7. The van der Waals surface area contributed by atoms with Crippen LogP contribution in [-0.4, -0.2) is 82.9 Å². The minimum absolute atomic E-state index is 0.0168. The highest BCUT2D eigenvalue weighted by Crippen LogP contribution is 2.66. The van der Waals surface area contributed by atoms with Crippen molar-refractivity contribution in [2.24, 2.45) is 71.0 Å². The molecule has 0 aliphatic heterocycles. The molecule has 2 heterocycles. The van der Waals surface area contributed by atoms with Crippen LogP contribution >= 0.6 is 11.3 Å². The molecule has 21 nitrogen and oxygen atoms in total. The topological polar surface area (TPSA) is 302 Å². The number of nitrogens with one attached hydrogen (secondary N) is 6. The first kappa shape index (κ1) is 70.2. The van der Waals surface area contributed by atoms with Crippen molar-refractivity contribution in [3.05, 3.63) is 175 Å². The number of amides is 6. The summed E-state index contributed by atoms with van der Waals surface area (Å²) in [6.07, 6.45) is 25.5. The Morgan fingerprint density at radius 3 is 1.64 bits per heavy atom. The maximum atomic E-state index is 12.0. The summed E-state index contributed by atoms with van der Waals surface area (Å²) < 4.78 is 5.06. The van der Waals surface area contributed by atoms with Crippen LogP contribution in [0.25, 0.3) is 0 Å². The van der Waals surface area contributed by atoms with Gasteiger partial charge in [-0.2, -0.15) is 30.6 Å². The van der Waals surface area contributed by atoms with E-state index >= 15 is 0 Å². The summed E-state index contributed by atoms with van der Waals surface area (Å²) in [6, 6.07) is 32.2. The number of para-hydroxylation sites is 1. The number of benzene rings is 4. The zero-order valence-electron chi connectivity index (χ0n) is 54.4. The number of nitrogens with zero attached hydrogens (tertiary/aromatic N) is 6. The lowest BCUT2D eigenvalue weighted by Crippen LogP contribution is -2.26. The molecular formula is C72H86N12O9S. The van der Waals surface area contributed by atoms with Crippen LogP contribution in [0.4, 0.5) is 0 Å². The Hall–Kier alpha value is -9.70. The Kier molecular flexibility index (Phi) is 25.2. The zero-order valence-corrected chi connectivity index (χ0v) is 55.3. The van der Waals surface area contributed by atoms with E-state index in [1.807, 2.05) is 99.8 Å². The highest BCUT2D eigenvalue weighted by atomic mass is 32.1. The molecule has 494 valence electrons. The summed E-state index contributed by atoms with van der Waals surface area (Å²) in [5.74, 6) is 2.43. The predicted molar refractivity (Wildman–Crippen MR) is 368 cm³/mol. The Morgan fingerprint density at radius 1 is 0.564 bits per heavy atom. The van der Waals surface area contributed by atoms with Gasteiger partial charge in [0, 0.05) is 53.2 Å². The van der Waals surface area contributed by atoms with Crippen LogP contribution in [0, 0.1) is 61.2 Å². The predicted octanol–water partition coefficient (Wildman–Crippen LogP) is 11.3. The van der Waals surface area contributed by atoms with Gasteiger partial charge in [0.25, 0.3) is 0 Å². The van der Waals surface area contributed by atoms with Gasteiger partial charge in [0.15, 0.2) is 0 Å². The van der Waals surface area contributed by atoms with Crippen molar-refractivity contribution < 1.29 is 43.4 Å². The molecule has 4 aromatic carbocycles. The van der Waals surface area contributed by atoms with Crippen molar-refractivity contribution in [3.8, 4) is 11.5 Å². The van der Waals surface area contributed by atoms with Crippen molar-refractivity contribution in [2.45, 2.75) is 138 Å². The van der Waals surface area contributed by atoms with Crippen LogP contribution in [0.15, 0.2) is 150 Å². The van der Waals surface area contributed by atoms with Gasteiger partial charge in [0.05, 0.1) is 50.0 Å². The summed E-state index contributed by atoms with van der Waals surface area (Å²) in [7, 11) is 0. The third-order valence-electron chi connectivity index (χ3n) is 17.8. The molecule has 0 bridgehead atoms. The number of carbonyl (C=O) groups is 6. The molecule has 6 fully saturated rings. The monoisotopic (exact) mass is 1290 g/mol. The molecule has 22 heteroatoms.